The number of nitrogens with one attached hydrogen (secondary N) is 1. The number of thioether (sulfide) groups is 1. The van der Waals surface area contributed by atoms with Gasteiger partial charge in [0.15, 0.2) is 5.16 Å². The number of hydrogen-bond acceptors (Lipinski definition) is 4. The molecule has 2 rings (SSSR count). The normalized spacial score (nSPS) is 24.6. The molecule has 1 aliphatic carbocycles. The van der Waals surface area contributed by atoms with Gasteiger partial charge in [0, 0.05) is 12.1 Å². The van der Waals surface area contributed by atoms with Crippen LogP contribution < -0.4 is 5.32 Å². The van der Waals surface area contributed by atoms with E-state index in [-0.39, 0.29) is 0 Å². The number of anilines is 1. The second-order valence-electron chi connectivity index (χ2n) is 5.02. The van der Waals surface area contributed by atoms with Crippen LogP contribution in [0.2, 0.25) is 5.15 Å². The molecule has 5 heteroatoms. The van der Waals surface area contributed by atoms with E-state index in [1.165, 1.54) is 43.9 Å². The molecule has 3 nitrogen and oxygen atoms in total. The molecular formula is C13H20ClN3S. The van der Waals surface area contributed by atoms with Gasteiger partial charge in [-0.3, -0.25) is 0 Å². The van der Waals surface area contributed by atoms with Crippen molar-refractivity contribution < 1.29 is 0 Å². The maximum atomic E-state index is 6.00. The van der Waals surface area contributed by atoms with Crippen molar-refractivity contribution in [2.24, 2.45) is 5.92 Å². The molecule has 1 fully saturated rings. The molecule has 0 saturated heterocycles. The number of halogens is 1. The minimum atomic E-state index is 0.513. The minimum absolute atomic E-state index is 0.513. The zero-order chi connectivity index (χ0) is 13.0. The molecule has 18 heavy (non-hydrogen) atoms. The Hall–Kier alpha value is -0.480. The molecule has 1 aromatic rings. The molecule has 0 spiro atoms. The molecule has 0 bridgehead atoms. The van der Waals surface area contributed by atoms with Crippen LogP contribution in [0.5, 0.6) is 0 Å². The molecule has 100 valence electrons. The number of rotatable bonds is 3. The fourth-order valence-corrected chi connectivity index (χ4v) is 3.02. The third kappa shape index (κ3) is 4.02. The van der Waals surface area contributed by atoms with Gasteiger partial charge in [-0.25, -0.2) is 9.97 Å². The summed E-state index contributed by atoms with van der Waals surface area (Å²) in [6.45, 7) is 2.34. The molecule has 0 amide bonds. The van der Waals surface area contributed by atoms with Crippen LogP contribution in [-0.2, 0) is 0 Å². The first-order valence-electron chi connectivity index (χ1n) is 6.52. The predicted molar refractivity (Wildman–Crippen MR) is 78.5 cm³/mol. The SMILES string of the molecule is CSc1nc(Cl)cc(NC2CCCC(C)CC2)n1. The summed E-state index contributed by atoms with van der Waals surface area (Å²) in [6.07, 6.45) is 8.35. The third-order valence-electron chi connectivity index (χ3n) is 3.47. The Kier molecular flexibility index (Phi) is 5.13. The summed E-state index contributed by atoms with van der Waals surface area (Å²) in [6, 6.07) is 2.34. The number of aromatic nitrogens is 2. The van der Waals surface area contributed by atoms with E-state index in [9.17, 15) is 0 Å². The van der Waals surface area contributed by atoms with Crippen LogP contribution in [0.4, 0.5) is 5.82 Å². The molecular weight excluding hydrogens is 266 g/mol. The summed E-state index contributed by atoms with van der Waals surface area (Å²) < 4.78 is 0. The molecule has 0 aliphatic heterocycles. The summed E-state index contributed by atoms with van der Waals surface area (Å²) >= 11 is 7.51. The summed E-state index contributed by atoms with van der Waals surface area (Å²) in [4.78, 5) is 8.61. The Bertz CT molecular complexity index is 400. The van der Waals surface area contributed by atoms with Crippen molar-refractivity contribution in [3.63, 3.8) is 0 Å². The summed E-state index contributed by atoms with van der Waals surface area (Å²) in [7, 11) is 0. The van der Waals surface area contributed by atoms with E-state index in [1.807, 2.05) is 12.3 Å². The van der Waals surface area contributed by atoms with E-state index in [0.29, 0.717) is 11.2 Å². The van der Waals surface area contributed by atoms with E-state index in [1.54, 1.807) is 0 Å². The Morgan fingerprint density at radius 1 is 1.28 bits per heavy atom. The first-order chi connectivity index (χ1) is 8.67. The number of nitrogens with zero attached hydrogens (tertiary/aromatic N) is 2. The quantitative estimate of drug-likeness (QED) is 0.390. The van der Waals surface area contributed by atoms with Crippen molar-refractivity contribution >= 4 is 29.2 Å². The average Bonchev–Trinajstić information content (AvgIpc) is 2.54. The molecule has 2 atom stereocenters. The van der Waals surface area contributed by atoms with Crippen molar-refractivity contribution in [2.75, 3.05) is 11.6 Å². The van der Waals surface area contributed by atoms with E-state index in [4.69, 9.17) is 11.6 Å². The molecule has 1 aromatic heterocycles. The standard InChI is InChI=1S/C13H20ClN3S/c1-9-4-3-5-10(7-6-9)15-12-8-11(14)16-13(17-12)18-2/h8-10H,3-7H2,1-2H3,(H,15,16,17). The summed E-state index contributed by atoms with van der Waals surface area (Å²) in [5, 5.41) is 4.75. The predicted octanol–water partition coefficient (Wildman–Crippen LogP) is 4.23. The highest BCUT2D eigenvalue weighted by Gasteiger charge is 2.16. The van der Waals surface area contributed by atoms with Gasteiger partial charge in [0.2, 0.25) is 0 Å². The van der Waals surface area contributed by atoms with Gasteiger partial charge in [0.25, 0.3) is 0 Å². The van der Waals surface area contributed by atoms with Crippen LogP contribution in [0.1, 0.15) is 39.0 Å². The van der Waals surface area contributed by atoms with Crippen molar-refractivity contribution in [1.29, 1.82) is 0 Å². The second-order valence-corrected chi connectivity index (χ2v) is 6.18. The van der Waals surface area contributed by atoms with Gasteiger partial charge in [-0.05, 0) is 31.4 Å². The lowest BCUT2D eigenvalue weighted by molar-refractivity contribution is 0.501. The molecule has 0 radical (unpaired) electrons. The monoisotopic (exact) mass is 285 g/mol. The molecule has 0 aromatic carbocycles. The smallest absolute Gasteiger partial charge is 0.190 e. The number of hydrogen-bond donors (Lipinski definition) is 1. The van der Waals surface area contributed by atoms with Crippen LogP contribution in [0.3, 0.4) is 0 Å². The van der Waals surface area contributed by atoms with E-state index in [2.05, 4.69) is 22.2 Å². The maximum absolute atomic E-state index is 6.00. The Labute approximate surface area is 118 Å². The van der Waals surface area contributed by atoms with Crippen molar-refractivity contribution in [2.45, 2.75) is 50.2 Å². The van der Waals surface area contributed by atoms with Crippen LogP contribution in [0.15, 0.2) is 11.2 Å². The zero-order valence-electron chi connectivity index (χ0n) is 10.9. The van der Waals surface area contributed by atoms with Gasteiger partial charge in [0.05, 0.1) is 0 Å². The van der Waals surface area contributed by atoms with Gasteiger partial charge in [-0.1, -0.05) is 43.1 Å². The fourth-order valence-electron chi connectivity index (χ4n) is 2.40. The molecule has 1 aliphatic rings. The average molecular weight is 286 g/mol. The highest BCUT2D eigenvalue weighted by atomic mass is 35.5. The van der Waals surface area contributed by atoms with Gasteiger partial charge in [0.1, 0.15) is 11.0 Å². The molecule has 1 N–H and O–H groups in total. The van der Waals surface area contributed by atoms with Gasteiger partial charge in [-0.15, -0.1) is 0 Å². The Morgan fingerprint density at radius 2 is 2.11 bits per heavy atom. The first-order valence-corrected chi connectivity index (χ1v) is 8.12. The largest absolute Gasteiger partial charge is 0.367 e. The highest BCUT2D eigenvalue weighted by Crippen LogP contribution is 2.25. The van der Waals surface area contributed by atoms with E-state index in [0.717, 1.165) is 16.9 Å². The van der Waals surface area contributed by atoms with Gasteiger partial charge < -0.3 is 5.32 Å². The van der Waals surface area contributed by atoms with E-state index >= 15 is 0 Å². The summed E-state index contributed by atoms with van der Waals surface area (Å²) in [5.74, 6) is 1.71. The Morgan fingerprint density at radius 3 is 2.89 bits per heavy atom. The lowest BCUT2D eigenvalue weighted by Gasteiger charge is -2.17. The van der Waals surface area contributed by atoms with Crippen molar-refractivity contribution in [3.05, 3.63) is 11.2 Å². The van der Waals surface area contributed by atoms with Crippen LogP contribution in [0.25, 0.3) is 0 Å². The first kappa shape index (κ1) is 13.9. The molecule has 2 unspecified atom stereocenters. The van der Waals surface area contributed by atoms with Crippen LogP contribution in [0, 0.1) is 5.92 Å². The van der Waals surface area contributed by atoms with Gasteiger partial charge >= 0.3 is 0 Å². The molecule has 1 saturated carbocycles. The highest BCUT2D eigenvalue weighted by molar-refractivity contribution is 7.98. The Balaban J connectivity index is 2.01. The molecule has 1 heterocycles. The lowest BCUT2D eigenvalue weighted by atomic mass is 10.0. The van der Waals surface area contributed by atoms with Gasteiger partial charge in [-0.2, -0.15) is 0 Å². The lowest BCUT2D eigenvalue weighted by Crippen LogP contribution is -2.19. The van der Waals surface area contributed by atoms with E-state index < -0.39 is 0 Å². The van der Waals surface area contributed by atoms with Crippen molar-refractivity contribution in [3.8, 4) is 0 Å². The third-order valence-corrected chi connectivity index (χ3v) is 4.21. The summed E-state index contributed by atoms with van der Waals surface area (Å²) in [5.41, 5.74) is 0. The maximum Gasteiger partial charge on any atom is 0.190 e. The van der Waals surface area contributed by atoms with Crippen LogP contribution >= 0.6 is 23.4 Å². The second kappa shape index (κ2) is 6.62. The van der Waals surface area contributed by atoms with Crippen molar-refractivity contribution in [1.82, 2.24) is 9.97 Å². The fraction of sp³-hybridized carbons (Fsp3) is 0.692. The topological polar surface area (TPSA) is 37.8 Å². The zero-order valence-corrected chi connectivity index (χ0v) is 12.5. The minimum Gasteiger partial charge on any atom is -0.367 e. The van der Waals surface area contributed by atoms with Crippen LogP contribution in [-0.4, -0.2) is 22.3 Å².